The first-order valence-corrected chi connectivity index (χ1v) is 6.21. The molecule has 1 amide bonds. The van der Waals surface area contributed by atoms with E-state index >= 15 is 0 Å². The molecule has 1 unspecified atom stereocenters. The Balaban J connectivity index is 0.000000328. The van der Waals surface area contributed by atoms with E-state index in [0.29, 0.717) is 5.75 Å². The highest BCUT2D eigenvalue weighted by Gasteiger charge is 2.33. The van der Waals surface area contributed by atoms with Crippen LogP contribution in [0.5, 0.6) is 5.75 Å². The summed E-state index contributed by atoms with van der Waals surface area (Å²) in [5, 5.41) is 0. The Morgan fingerprint density at radius 2 is 1.60 bits per heavy atom. The van der Waals surface area contributed by atoms with Crippen LogP contribution in [0.3, 0.4) is 0 Å². The first kappa shape index (κ1) is 13.8. The Labute approximate surface area is 117 Å². The fourth-order valence-electron chi connectivity index (χ4n) is 2.07. The molecule has 1 aliphatic heterocycles. The second kappa shape index (κ2) is 6.02. The molecule has 0 aromatic heterocycles. The van der Waals surface area contributed by atoms with Gasteiger partial charge in [-0.25, -0.2) is 0 Å². The van der Waals surface area contributed by atoms with Crippen LogP contribution in [0.25, 0.3) is 0 Å². The topological polar surface area (TPSA) is 69.4 Å². The van der Waals surface area contributed by atoms with Crippen molar-refractivity contribution in [2.24, 2.45) is 5.73 Å². The van der Waals surface area contributed by atoms with E-state index in [1.54, 1.807) is 0 Å². The van der Waals surface area contributed by atoms with Crippen molar-refractivity contribution in [3.63, 3.8) is 0 Å². The van der Waals surface area contributed by atoms with Gasteiger partial charge in [0.25, 0.3) is 0 Å². The zero-order valence-electron chi connectivity index (χ0n) is 11.1. The molecule has 2 N–H and O–H groups in total. The van der Waals surface area contributed by atoms with Gasteiger partial charge < -0.3 is 10.5 Å². The van der Waals surface area contributed by atoms with Gasteiger partial charge in [-0.15, -0.1) is 0 Å². The van der Waals surface area contributed by atoms with Gasteiger partial charge in [0.1, 0.15) is 11.7 Å². The van der Waals surface area contributed by atoms with Crippen LogP contribution in [0.15, 0.2) is 54.6 Å². The minimum atomic E-state index is -0.333. The summed E-state index contributed by atoms with van der Waals surface area (Å²) < 4.78 is 5.23. The van der Waals surface area contributed by atoms with Crippen LogP contribution in [-0.4, -0.2) is 11.9 Å². The van der Waals surface area contributed by atoms with E-state index in [-0.39, 0.29) is 17.8 Å². The van der Waals surface area contributed by atoms with Crippen molar-refractivity contribution in [3.8, 4) is 5.75 Å². The Morgan fingerprint density at radius 1 is 1.05 bits per heavy atom. The molecule has 0 saturated heterocycles. The number of carbonyl (C=O) groups is 2. The highest BCUT2D eigenvalue weighted by molar-refractivity contribution is 5.89. The summed E-state index contributed by atoms with van der Waals surface area (Å²) >= 11 is 0. The summed E-state index contributed by atoms with van der Waals surface area (Å²) in [7, 11) is 0. The molecule has 4 heteroatoms. The molecule has 4 nitrogen and oxygen atoms in total. The van der Waals surface area contributed by atoms with Gasteiger partial charge in [0.2, 0.25) is 5.91 Å². The van der Waals surface area contributed by atoms with Crippen molar-refractivity contribution >= 4 is 11.9 Å². The van der Waals surface area contributed by atoms with Crippen LogP contribution in [-0.2, 0) is 9.59 Å². The second-order valence-corrected chi connectivity index (χ2v) is 4.41. The van der Waals surface area contributed by atoms with Crippen molar-refractivity contribution in [1.29, 1.82) is 0 Å². The lowest BCUT2D eigenvalue weighted by atomic mass is 9.93. The second-order valence-electron chi connectivity index (χ2n) is 4.41. The molecule has 1 aliphatic rings. The van der Waals surface area contributed by atoms with Crippen molar-refractivity contribution in [2.75, 3.05) is 0 Å². The van der Waals surface area contributed by atoms with Crippen molar-refractivity contribution in [2.45, 2.75) is 12.8 Å². The molecule has 0 aliphatic carbocycles. The maximum atomic E-state index is 11.8. The first-order valence-electron chi connectivity index (χ1n) is 6.21. The molecule has 0 bridgehead atoms. The maximum Gasteiger partial charge on any atom is 0.323 e. The van der Waals surface area contributed by atoms with Crippen molar-refractivity contribution in [1.82, 2.24) is 0 Å². The lowest BCUT2D eigenvalue weighted by molar-refractivity contribution is -0.133. The van der Waals surface area contributed by atoms with Crippen LogP contribution in [0.1, 0.15) is 24.0 Å². The summed E-state index contributed by atoms with van der Waals surface area (Å²) in [6.45, 7) is 1.31. The molecule has 2 aromatic rings. The number of primary amides is 1. The highest BCUT2D eigenvalue weighted by Crippen LogP contribution is 2.38. The fraction of sp³-hybridized carbons (Fsp3) is 0.125. The summed E-state index contributed by atoms with van der Waals surface area (Å²) in [6.07, 6.45) is 0. The lowest BCUT2D eigenvalue weighted by Gasteiger charge is -2.06. The molecule has 0 spiro atoms. The zero-order valence-corrected chi connectivity index (χ0v) is 11.1. The monoisotopic (exact) mass is 269 g/mol. The van der Waals surface area contributed by atoms with Gasteiger partial charge >= 0.3 is 5.97 Å². The standard InChI is InChI=1S/C14H10O2.C2H5NO/c15-14-13(10-6-2-1-3-7-10)11-8-4-5-9-12(11)16-14;1-2(3)4/h1-9,13H;1H3,(H2,3,4). The number of fused-ring (bicyclic) bond motifs is 1. The number of ether oxygens (including phenoxy) is 1. The molecule has 1 heterocycles. The molecule has 0 saturated carbocycles. The number of rotatable bonds is 1. The number of hydrogen-bond donors (Lipinski definition) is 1. The van der Waals surface area contributed by atoms with Crippen LogP contribution in [0.2, 0.25) is 0 Å². The SMILES string of the molecule is CC(N)=O.O=C1Oc2ccccc2C1c1ccccc1. The van der Waals surface area contributed by atoms with Crippen LogP contribution in [0.4, 0.5) is 0 Å². The van der Waals surface area contributed by atoms with Crippen LogP contribution >= 0.6 is 0 Å². The van der Waals surface area contributed by atoms with Crippen molar-refractivity contribution in [3.05, 3.63) is 65.7 Å². The molecular formula is C16H15NO3. The Kier molecular flexibility index (Phi) is 4.15. The third kappa shape index (κ3) is 3.03. The molecule has 102 valence electrons. The maximum absolute atomic E-state index is 11.8. The molecule has 0 radical (unpaired) electrons. The lowest BCUT2D eigenvalue weighted by Crippen LogP contribution is -2.11. The number of benzene rings is 2. The minimum absolute atomic E-state index is 0.188. The van der Waals surface area contributed by atoms with Gasteiger partial charge in [-0.1, -0.05) is 48.5 Å². The molecule has 2 aromatic carbocycles. The molecule has 1 atom stereocenters. The predicted octanol–water partition coefficient (Wildman–Crippen LogP) is 2.23. The molecular weight excluding hydrogens is 254 g/mol. The van der Waals surface area contributed by atoms with E-state index in [1.807, 2.05) is 54.6 Å². The third-order valence-electron chi connectivity index (χ3n) is 2.81. The van der Waals surface area contributed by atoms with Gasteiger partial charge in [-0.3, -0.25) is 9.59 Å². The van der Waals surface area contributed by atoms with Gasteiger partial charge in [0.15, 0.2) is 0 Å². The smallest absolute Gasteiger partial charge is 0.323 e. The average molecular weight is 269 g/mol. The van der Waals surface area contributed by atoms with Crippen molar-refractivity contribution < 1.29 is 14.3 Å². The van der Waals surface area contributed by atoms with E-state index in [1.165, 1.54) is 6.92 Å². The summed E-state index contributed by atoms with van der Waals surface area (Å²) in [5.41, 5.74) is 6.41. The third-order valence-corrected chi connectivity index (χ3v) is 2.81. The number of hydrogen-bond acceptors (Lipinski definition) is 3. The number of para-hydroxylation sites is 1. The summed E-state index contributed by atoms with van der Waals surface area (Å²) in [6, 6.07) is 17.3. The number of esters is 1. The van der Waals surface area contributed by atoms with Gasteiger partial charge in [0.05, 0.1) is 0 Å². The summed E-state index contributed by atoms with van der Waals surface area (Å²) in [5.74, 6) is -0.105. The van der Waals surface area contributed by atoms with Gasteiger partial charge in [-0.05, 0) is 11.6 Å². The Morgan fingerprint density at radius 3 is 2.25 bits per heavy atom. The zero-order chi connectivity index (χ0) is 14.5. The Bertz CT molecular complexity index is 619. The van der Waals surface area contributed by atoms with Gasteiger partial charge in [0, 0.05) is 12.5 Å². The van der Waals surface area contributed by atoms with Crippen LogP contribution < -0.4 is 10.5 Å². The highest BCUT2D eigenvalue weighted by atomic mass is 16.5. The van der Waals surface area contributed by atoms with E-state index in [2.05, 4.69) is 5.73 Å². The first-order chi connectivity index (χ1) is 9.59. The molecule has 3 rings (SSSR count). The van der Waals surface area contributed by atoms with Crippen LogP contribution in [0, 0.1) is 0 Å². The van der Waals surface area contributed by atoms with E-state index in [4.69, 9.17) is 4.74 Å². The predicted molar refractivity (Wildman–Crippen MR) is 75.2 cm³/mol. The van der Waals surface area contributed by atoms with Gasteiger partial charge in [-0.2, -0.15) is 0 Å². The minimum Gasteiger partial charge on any atom is -0.425 e. The fourth-order valence-corrected chi connectivity index (χ4v) is 2.07. The average Bonchev–Trinajstić information content (AvgIpc) is 2.75. The van der Waals surface area contributed by atoms with E-state index < -0.39 is 0 Å². The van der Waals surface area contributed by atoms with E-state index in [0.717, 1.165) is 11.1 Å². The number of carbonyl (C=O) groups excluding carboxylic acids is 2. The summed E-state index contributed by atoms with van der Waals surface area (Å²) in [4.78, 5) is 21.0. The Hall–Kier alpha value is -2.62. The molecule has 0 fully saturated rings. The number of nitrogens with two attached hydrogens (primary N) is 1. The number of amides is 1. The van der Waals surface area contributed by atoms with E-state index in [9.17, 15) is 9.59 Å². The quantitative estimate of drug-likeness (QED) is 0.637. The largest absolute Gasteiger partial charge is 0.425 e. The normalized spacial score (nSPS) is 15.7. The molecule has 20 heavy (non-hydrogen) atoms.